The van der Waals surface area contributed by atoms with Crippen molar-refractivity contribution in [1.82, 2.24) is 58.2 Å². The molecule has 2 amide bonds. The molecular weight excluding hydrogens is 2470 g/mol. The molecule has 0 spiro atoms. The Kier molecular flexibility index (Phi) is 52.9. The van der Waals surface area contributed by atoms with Gasteiger partial charge in [0.2, 0.25) is 0 Å². The van der Waals surface area contributed by atoms with Gasteiger partial charge >= 0.3 is 19.1 Å². The third-order valence-corrected chi connectivity index (χ3v) is 24.3. The number of esters is 1. The molecule has 772 valence electrons. The molecule has 29 nitrogen and oxygen atoms in total. The van der Waals surface area contributed by atoms with Gasteiger partial charge in [-0.15, -0.1) is 36.4 Å². The number of pyridine rings is 10. The summed E-state index contributed by atoms with van der Waals surface area (Å²) in [5.41, 5.74) is 7.34. The molecule has 0 aliphatic carbocycles. The second-order valence-corrected chi connectivity index (χ2v) is 40.1. The van der Waals surface area contributed by atoms with Crippen LogP contribution in [0.25, 0.3) is 11.0 Å². The first-order chi connectivity index (χ1) is 67.8. The van der Waals surface area contributed by atoms with Crippen molar-refractivity contribution in [3.63, 3.8) is 0 Å². The summed E-state index contributed by atoms with van der Waals surface area (Å²) in [6.07, 6.45) is 26.7. The van der Waals surface area contributed by atoms with Crippen molar-refractivity contribution in [2.45, 2.75) is 99.8 Å². The molecule has 0 saturated carbocycles. The van der Waals surface area contributed by atoms with E-state index in [0.717, 1.165) is 92.1 Å². The molecule has 0 unspecified atom stereocenters. The summed E-state index contributed by atoms with van der Waals surface area (Å²) in [6.45, 7) is 8.94. The highest BCUT2D eigenvalue weighted by atomic mass is 79.9. The number of quaternary nitrogens is 1. The van der Waals surface area contributed by atoms with Gasteiger partial charge in [-0.1, -0.05) is 71.2 Å². The fraction of sp³-hybridized carbons (Fsp3) is 0.167. The number of fused-ring (bicyclic) bond motifs is 1. The molecule has 1 aliphatic heterocycles. The van der Waals surface area contributed by atoms with Crippen molar-refractivity contribution >= 4 is 224 Å². The van der Waals surface area contributed by atoms with Gasteiger partial charge in [-0.05, 0) is 290 Å². The number of carbonyl (C=O) groups is 4. The van der Waals surface area contributed by atoms with E-state index in [-0.39, 0.29) is 104 Å². The quantitative estimate of drug-likeness (QED) is 0.0118. The SMILES string of the molecule is CC1(C)OB(c2cn(S(=O)(=O)c3ccccc3)c3ncccc23)OC1(C)C.COC(=O)c1cncc(Br)c1.Cl.Cl.ClC(Cl)Cl.ClCc1cncc(Br)c1.O=C(NCc1cc(Br)c[n+]([O-])c1)c1cccn(Cc2ccc(F)c(F)c2)c1=O.O=C(NCc1cncc(Br)c1)c1cccn(Cc2ccc(F)c(F)c2)c1=O.O=C(O)c1cccn(Cc2ccc(F)c(F)c2)c1=O.OCc1cncc(Br)c1.[Cl-].[NH3+]Cc1cncc(Br)c1. The Labute approximate surface area is 921 Å². The van der Waals surface area contributed by atoms with Crippen molar-refractivity contribution in [2.24, 2.45) is 0 Å². The Bertz CT molecular complexity index is 7120. The van der Waals surface area contributed by atoms with E-state index >= 15 is 0 Å². The fourth-order valence-corrected chi connectivity index (χ4v) is 16.2. The Morgan fingerprint density at radius 1 is 0.514 bits per heavy atom. The normalized spacial score (nSPS) is 11.6. The third-order valence-electron chi connectivity index (χ3n) is 19.7. The Hall–Kier alpha value is -10.7. The molecule has 7 N–H and O–H groups in total. The molecule has 0 atom stereocenters. The molecule has 11 aromatic heterocycles. The van der Waals surface area contributed by atoms with Gasteiger partial charge in [-0.3, -0.25) is 48.9 Å². The average Bonchev–Trinajstić information content (AvgIpc) is 1.58. The van der Waals surface area contributed by atoms with Crippen LogP contribution in [0.1, 0.15) is 114 Å². The summed E-state index contributed by atoms with van der Waals surface area (Å²) < 4.78 is 131. The first-order valence-electron chi connectivity index (χ1n) is 41.5. The van der Waals surface area contributed by atoms with E-state index in [1.807, 2.05) is 58.2 Å². The minimum Gasteiger partial charge on any atom is -1.00 e. The number of hydrogen-bond acceptors (Lipinski definition) is 20. The van der Waals surface area contributed by atoms with Crippen molar-refractivity contribution in [1.29, 1.82) is 0 Å². The van der Waals surface area contributed by atoms with Crippen LogP contribution in [0.3, 0.4) is 0 Å². The van der Waals surface area contributed by atoms with E-state index in [9.17, 15) is 73.5 Å². The molecule has 1 saturated heterocycles. The van der Waals surface area contributed by atoms with Crippen LogP contribution in [0.5, 0.6) is 0 Å². The van der Waals surface area contributed by atoms with Crippen LogP contribution < -0.4 is 55.6 Å². The first kappa shape index (κ1) is 126. The molecule has 1 aliphatic rings. The van der Waals surface area contributed by atoms with E-state index in [1.54, 1.807) is 123 Å². The van der Waals surface area contributed by atoms with Crippen LogP contribution in [-0.4, -0.2) is 120 Å². The number of aliphatic hydroxyl groups excluding tert-OH is 1. The number of nitrogens with zero attached hydrogens (tertiary/aromatic N) is 11. The maximum atomic E-state index is 13.4. The van der Waals surface area contributed by atoms with E-state index in [1.165, 1.54) is 106 Å². The van der Waals surface area contributed by atoms with Gasteiger partial charge in [0, 0.05) is 156 Å². The number of carbonyl (C=O) groups excluding carboxylic acids is 3. The largest absolute Gasteiger partial charge is 1.00 e. The monoisotopic (exact) mass is 2550 g/mol. The van der Waals surface area contributed by atoms with Gasteiger partial charge in [-0.25, -0.2) is 53.3 Å². The third kappa shape index (κ3) is 39.1. The number of rotatable bonds is 20. The lowest BCUT2D eigenvalue weighted by molar-refractivity contribution is -0.606. The second kappa shape index (κ2) is 61.3. The van der Waals surface area contributed by atoms with E-state index < -0.39 is 102 Å². The lowest BCUT2D eigenvalue weighted by Gasteiger charge is -2.32. The predicted octanol–water partition coefficient (Wildman–Crippen LogP) is 16.2. The highest BCUT2D eigenvalue weighted by Gasteiger charge is 2.53. The lowest BCUT2D eigenvalue weighted by atomic mass is 9.79. The summed E-state index contributed by atoms with van der Waals surface area (Å²) >= 11 is 39.5. The molecule has 0 bridgehead atoms. The summed E-state index contributed by atoms with van der Waals surface area (Å²) in [5, 5.41) is 34.8. The van der Waals surface area contributed by atoms with Gasteiger partial charge in [0.25, 0.3) is 38.5 Å². The van der Waals surface area contributed by atoms with Crippen LogP contribution in [0.2, 0.25) is 0 Å². The number of methoxy groups -OCH3 is 1. The second-order valence-electron chi connectivity index (χ2n) is 30.6. The van der Waals surface area contributed by atoms with E-state index in [2.05, 4.69) is 147 Å². The molecule has 4 aromatic carbocycles. The van der Waals surface area contributed by atoms with Gasteiger partial charge in [0.1, 0.15) is 23.2 Å². The number of aromatic carboxylic acids is 1. The number of halogens is 19. The lowest BCUT2D eigenvalue weighted by Crippen LogP contribution is -3.00. The van der Waals surface area contributed by atoms with Gasteiger partial charge in [0.05, 0.1) is 59.5 Å². The number of ether oxygens (including phenoxy) is 1. The van der Waals surface area contributed by atoms with Crippen molar-refractivity contribution in [3.8, 4) is 0 Å². The molecule has 146 heavy (non-hydrogen) atoms. The minimum atomic E-state index is -3.79. The average molecular weight is 2560 g/mol. The number of benzene rings is 4. The van der Waals surface area contributed by atoms with Crippen molar-refractivity contribution in [3.05, 3.63) is 440 Å². The van der Waals surface area contributed by atoms with Crippen LogP contribution in [0, 0.1) is 40.1 Å². The molecule has 16 rings (SSSR count). The Morgan fingerprint density at radius 3 is 1.29 bits per heavy atom. The standard InChI is InChI=1S/C19H21BN2O4S.C19H14BrF2N3O3.C19H14BrF2N3O2.C13H9F2NO3.C7H6BrNO2.C6H5BrClN.C6H7BrN2.C6H6BrNO.CHCl3.3ClH/c1-18(2)19(3,4)26-20(25-18)16-13-22(17-15(16)11-8-12-21-17)27(23,24)14-9-6-5-7-10-14;20-14-6-13(10-25(28)11-14)8-23-18(26)15-2-1-5-24(19(15)27)9-12-3-4-16(21)17(22)7-12;20-14-6-13(8-23-10-14)9-24-18(26)15-2-1-5-25(19(15)27)11-12-3-4-16(21)17(22)7-12;14-10-4-3-8(6-11(10)15)7-16-5-1-2-9(12(16)17)13(18)19;1-11-7(10)5-2-6(8)4-9-3-5;2*7-6-1-5(2-8)3-9-4-6;7-6-1-5(4-9)2-8-3-6;2-1(3)4;;;/h5-13H,1-4H3;1-7,10-11H,8-9H2,(H,23,26);1-8,10H,9,11H2,(H,24,26);1-6H,7H2,(H,18,19);2-4H,1H3;1,3-4H,2H2;1,3-4H,2,8H2;1-3,9H,4H2;1H;3*1H. The zero-order chi connectivity index (χ0) is 105. The molecule has 50 heteroatoms. The fourth-order valence-electron chi connectivity index (χ4n) is 12.2. The Morgan fingerprint density at radius 2 is 0.904 bits per heavy atom. The van der Waals surface area contributed by atoms with Gasteiger partial charge < -0.3 is 71.9 Å². The number of aromatic nitrogens is 11. The van der Waals surface area contributed by atoms with Crippen molar-refractivity contribution < 1.29 is 101 Å². The number of carboxylic acid groups (broad SMARTS) is 1. The number of hydrogen-bond donors (Lipinski definition) is 5. The topological polar surface area (TPSA) is 397 Å². The van der Waals surface area contributed by atoms with E-state index in [0.29, 0.717) is 59.4 Å². The van der Waals surface area contributed by atoms with E-state index in [4.69, 9.17) is 65.9 Å². The predicted molar refractivity (Wildman–Crippen MR) is 564 cm³/mol. The van der Waals surface area contributed by atoms with Crippen molar-refractivity contribution in [2.75, 3.05) is 7.11 Å². The van der Waals surface area contributed by atoms with Crippen LogP contribution in [0.4, 0.5) is 26.3 Å². The molecular formula is C96H86BBr6Cl7F6N14O15S. The number of amides is 2. The number of carboxylic acids is 1. The number of nitrogens with one attached hydrogen (secondary N) is 2. The van der Waals surface area contributed by atoms with Gasteiger partial charge in [0.15, 0.2) is 57.2 Å². The van der Waals surface area contributed by atoms with Crippen LogP contribution >= 0.6 is 167 Å². The summed E-state index contributed by atoms with van der Waals surface area (Å²) in [7, 11) is -3.12. The first-order valence-corrected chi connectivity index (χ1v) is 49.5. The molecule has 0 radical (unpaired) electrons. The minimum absolute atomic E-state index is 0. The van der Waals surface area contributed by atoms with Crippen LogP contribution in [-0.2, 0) is 75.8 Å². The molecule has 1 fully saturated rings. The molecule has 12 heterocycles. The van der Waals surface area contributed by atoms with Gasteiger partial charge in [-0.2, -0.15) is 4.73 Å². The summed E-state index contributed by atoms with van der Waals surface area (Å²) in [6, 6.07) is 41.3. The highest BCUT2D eigenvalue weighted by Crippen LogP contribution is 2.38. The zero-order valence-electron chi connectivity index (χ0n) is 76.8. The maximum Gasteiger partial charge on any atom is 0.497 e. The number of alkyl halides is 4. The highest BCUT2D eigenvalue weighted by molar-refractivity contribution is 9.11. The number of aliphatic hydroxyl groups is 1. The van der Waals surface area contributed by atoms with Crippen LogP contribution in [0.15, 0.2) is 321 Å². The summed E-state index contributed by atoms with van der Waals surface area (Å²) in [4.78, 5) is 107. The molecule has 15 aromatic rings. The maximum absolute atomic E-state index is 13.4. The zero-order valence-corrected chi connectivity index (χ0v) is 92.5. The Balaban J connectivity index is 0.000000302. The smallest absolute Gasteiger partial charge is 0.497 e. The summed E-state index contributed by atoms with van der Waals surface area (Å²) in [5.74, 6) is -8.24.